The van der Waals surface area contributed by atoms with Crippen LogP contribution in [0.25, 0.3) is 32.3 Å². The quantitative estimate of drug-likeness (QED) is 0.0658. The second-order valence-electron chi connectivity index (χ2n) is 15.4. The molecule has 0 radical (unpaired) electrons. The van der Waals surface area contributed by atoms with Crippen LogP contribution in [0.3, 0.4) is 0 Å². The van der Waals surface area contributed by atoms with Crippen LogP contribution >= 0.6 is 0 Å². The lowest BCUT2D eigenvalue weighted by Gasteiger charge is -2.19. The van der Waals surface area contributed by atoms with Gasteiger partial charge in [0.05, 0.1) is 37.6 Å². The Morgan fingerprint density at radius 3 is 1.16 bits per heavy atom. The molecule has 61 heavy (non-hydrogen) atoms. The standard InChI is InChI=1S/C50H52N2O9/c1-31-25-39-35-13-5-3-11-33(35)29-43(45(39)53)49(57)51-17-9-19-59-21-23-61-24-22-60-20-10-18-52-50(58)44-30-34-12-4-6-14-36(34)40(46(44)54)26-32(2)28-42-38-16-8-7-15-37(38)41(27-31)47(55)48(42)56/h3-8,11-16,29-30,53-56H,1-2,9-10,17-28H2,(H,51,57)(H,52,58). The average Bonchev–Trinajstić information content (AvgIpc) is 3.26. The maximum atomic E-state index is 13.4. The van der Waals surface area contributed by atoms with E-state index in [1.54, 1.807) is 12.1 Å². The monoisotopic (exact) mass is 824 g/mol. The van der Waals surface area contributed by atoms with E-state index in [1.165, 1.54) is 0 Å². The van der Waals surface area contributed by atoms with Crippen molar-refractivity contribution in [1.29, 1.82) is 0 Å². The topological polar surface area (TPSA) is 167 Å². The minimum Gasteiger partial charge on any atom is -0.507 e. The fourth-order valence-electron chi connectivity index (χ4n) is 8.05. The van der Waals surface area contributed by atoms with Gasteiger partial charge in [-0.05, 0) is 83.0 Å². The lowest BCUT2D eigenvalue weighted by Crippen LogP contribution is -2.26. The van der Waals surface area contributed by atoms with E-state index >= 15 is 0 Å². The van der Waals surface area contributed by atoms with Gasteiger partial charge >= 0.3 is 0 Å². The van der Waals surface area contributed by atoms with Gasteiger partial charge in [-0.25, -0.2) is 0 Å². The van der Waals surface area contributed by atoms with Crippen molar-refractivity contribution in [3.05, 3.63) is 143 Å². The highest BCUT2D eigenvalue weighted by atomic mass is 16.5. The van der Waals surface area contributed by atoms with Crippen LogP contribution in [0.1, 0.15) is 55.8 Å². The van der Waals surface area contributed by atoms with Gasteiger partial charge < -0.3 is 45.3 Å². The van der Waals surface area contributed by atoms with Gasteiger partial charge in [0.15, 0.2) is 11.5 Å². The number of carbonyl (C=O) groups is 2. The summed E-state index contributed by atoms with van der Waals surface area (Å²) in [6.07, 6.45) is 1.83. The minimum atomic E-state index is -0.413. The van der Waals surface area contributed by atoms with Crippen molar-refractivity contribution >= 4 is 44.1 Å². The molecule has 0 unspecified atom stereocenters. The number of nitrogens with one attached hydrogen (secondary N) is 2. The highest BCUT2D eigenvalue weighted by molar-refractivity contribution is 6.04. The molecule has 6 bridgehead atoms. The number of carbonyl (C=O) groups excluding carboxylic acids is 2. The Morgan fingerprint density at radius 2 is 0.770 bits per heavy atom. The second-order valence-corrected chi connectivity index (χ2v) is 15.4. The average molecular weight is 825 g/mol. The van der Waals surface area contributed by atoms with E-state index in [4.69, 9.17) is 14.2 Å². The molecule has 0 saturated heterocycles. The molecule has 316 valence electrons. The number of hydrogen-bond acceptors (Lipinski definition) is 9. The molecule has 0 atom stereocenters. The second kappa shape index (κ2) is 19.8. The van der Waals surface area contributed by atoms with Crippen molar-refractivity contribution < 1.29 is 44.2 Å². The number of ether oxygens (including phenoxy) is 3. The first-order chi connectivity index (χ1) is 29.6. The van der Waals surface area contributed by atoms with Crippen LogP contribution in [0.4, 0.5) is 0 Å². The molecular formula is C50H52N2O9. The molecule has 7 rings (SSSR count). The fourth-order valence-corrected chi connectivity index (χ4v) is 8.05. The summed E-state index contributed by atoms with van der Waals surface area (Å²) in [6.45, 7) is 11.7. The first kappa shape index (κ1) is 42.7. The Bertz CT molecular complexity index is 2440. The number of phenolic OH excluding ortho intramolecular Hbond substituents is 4. The number of phenols is 4. The van der Waals surface area contributed by atoms with Crippen molar-refractivity contribution in [3.8, 4) is 23.0 Å². The summed E-state index contributed by atoms with van der Waals surface area (Å²) in [5.41, 5.74) is 3.55. The smallest absolute Gasteiger partial charge is 0.255 e. The SMILES string of the molecule is C=C1Cc2c(O)c(cc3ccccc23)C(=O)NCCCOCCOCCOCCCNC(=O)c2cc3ccccc3c(c2O)CC(=C)Cc2c(O)c(O)c(c3ccccc23)C1. The molecule has 2 amide bonds. The van der Waals surface area contributed by atoms with Gasteiger partial charge in [0.1, 0.15) is 11.5 Å². The molecule has 1 heterocycles. The maximum Gasteiger partial charge on any atom is 0.255 e. The van der Waals surface area contributed by atoms with Gasteiger partial charge in [0.2, 0.25) is 0 Å². The van der Waals surface area contributed by atoms with E-state index < -0.39 is 11.8 Å². The molecule has 1 aliphatic rings. The highest BCUT2D eigenvalue weighted by Gasteiger charge is 2.24. The summed E-state index contributed by atoms with van der Waals surface area (Å²) in [4.78, 5) is 26.8. The molecule has 0 aromatic heterocycles. The highest BCUT2D eigenvalue weighted by Crippen LogP contribution is 2.44. The molecule has 6 aromatic carbocycles. The molecule has 0 spiro atoms. The summed E-state index contributed by atoms with van der Waals surface area (Å²) in [5.74, 6) is -1.70. The fraction of sp³-hybridized carbons (Fsp3) is 0.280. The van der Waals surface area contributed by atoms with Crippen molar-refractivity contribution in [2.75, 3.05) is 52.7 Å². The van der Waals surface area contributed by atoms with Crippen LogP contribution in [-0.4, -0.2) is 85.0 Å². The molecule has 0 aliphatic carbocycles. The number of amides is 2. The number of rotatable bonds is 0. The van der Waals surface area contributed by atoms with Gasteiger partial charge in [-0.3, -0.25) is 9.59 Å². The Hall–Kier alpha value is -6.40. The van der Waals surface area contributed by atoms with Crippen molar-refractivity contribution in [1.82, 2.24) is 10.6 Å². The summed E-state index contributed by atoms with van der Waals surface area (Å²) in [5, 5.41) is 56.8. The molecule has 0 fully saturated rings. The third-order valence-electron chi connectivity index (χ3n) is 11.1. The summed E-state index contributed by atoms with van der Waals surface area (Å²) in [7, 11) is 0. The van der Waals surface area contributed by atoms with Crippen molar-refractivity contribution in [2.45, 2.75) is 38.5 Å². The number of allylic oxidation sites excluding steroid dienone is 2. The summed E-state index contributed by atoms with van der Waals surface area (Å²) >= 11 is 0. The van der Waals surface area contributed by atoms with Crippen LogP contribution < -0.4 is 10.6 Å². The van der Waals surface area contributed by atoms with Crippen LogP contribution in [0.15, 0.2) is 109 Å². The Balaban J connectivity index is 1.20. The predicted octanol–water partition coefficient (Wildman–Crippen LogP) is 7.95. The minimum absolute atomic E-state index is 0.145. The maximum absolute atomic E-state index is 13.4. The zero-order valence-electron chi connectivity index (χ0n) is 34.2. The van der Waals surface area contributed by atoms with Gasteiger partial charge in [-0.2, -0.15) is 0 Å². The van der Waals surface area contributed by atoms with E-state index in [0.717, 1.165) is 21.5 Å². The van der Waals surface area contributed by atoms with E-state index in [2.05, 4.69) is 23.8 Å². The zero-order chi connectivity index (χ0) is 42.9. The number of aromatic hydroxyl groups is 4. The first-order valence-electron chi connectivity index (χ1n) is 20.7. The van der Waals surface area contributed by atoms with E-state index in [0.29, 0.717) is 110 Å². The van der Waals surface area contributed by atoms with E-state index in [1.807, 2.05) is 72.8 Å². The third kappa shape index (κ3) is 9.81. The van der Waals surface area contributed by atoms with Gasteiger partial charge in [-0.1, -0.05) is 97.1 Å². The van der Waals surface area contributed by atoms with Gasteiger partial charge in [0, 0.05) is 48.6 Å². The predicted molar refractivity (Wildman–Crippen MR) is 238 cm³/mol. The van der Waals surface area contributed by atoms with Crippen molar-refractivity contribution in [2.24, 2.45) is 0 Å². The molecule has 11 heteroatoms. The number of hydrogen-bond donors (Lipinski definition) is 6. The Morgan fingerprint density at radius 1 is 0.443 bits per heavy atom. The van der Waals surface area contributed by atoms with Crippen LogP contribution in [0, 0.1) is 0 Å². The lowest BCUT2D eigenvalue weighted by atomic mass is 9.87. The largest absolute Gasteiger partial charge is 0.507 e. The van der Waals surface area contributed by atoms with Crippen LogP contribution in [-0.2, 0) is 39.9 Å². The van der Waals surface area contributed by atoms with Crippen LogP contribution in [0.2, 0.25) is 0 Å². The molecule has 1 aliphatic heterocycles. The van der Waals surface area contributed by atoms with Gasteiger partial charge in [0.25, 0.3) is 11.8 Å². The third-order valence-corrected chi connectivity index (χ3v) is 11.1. The molecule has 6 aromatic rings. The number of fused-ring (bicyclic) bond motifs is 14. The summed E-state index contributed by atoms with van der Waals surface area (Å²) in [6, 6.07) is 25.8. The lowest BCUT2D eigenvalue weighted by molar-refractivity contribution is 0.0139. The van der Waals surface area contributed by atoms with E-state index in [9.17, 15) is 30.0 Å². The molecule has 11 nitrogen and oxygen atoms in total. The van der Waals surface area contributed by atoms with Gasteiger partial charge in [-0.15, -0.1) is 0 Å². The Kier molecular flexibility index (Phi) is 13.8. The Labute approximate surface area is 354 Å². The zero-order valence-corrected chi connectivity index (χ0v) is 34.2. The van der Waals surface area contributed by atoms with Crippen molar-refractivity contribution in [3.63, 3.8) is 0 Å². The summed E-state index contributed by atoms with van der Waals surface area (Å²) < 4.78 is 16.9. The molecule has 0 saturated carbocycles. The normalized spacial score (nSPS) is 16.4. The van der Waals surface area contributed by atoms with Crippen LogP contribution in [0.5, 0.6) is 23.0 Å². The molecule has 6 N–H and O–H groups in total. The number of benzene rings is 6. The first-order valence-corrected chi connectivity index (χ1v) is 20.7. The van der Waals surface area contributed by atoms with E-state index in [-0.39, 0.29) is 59.8 Å². The molecular weight excluding hydrogens is 773 g/mol.